The fraction of sp³-hybridized carbons (Fsp3) is 1.00. The average Bonchev–Trinajstić information content (AvgIpc) is 2.55. The van der Waals surface area contributed by atoms with Crippen LogP contribution < -0.4 is 0 Å². The summed E-state index contributed by atoms with van der Waals surface area (Å²) >= 11 is 0. The molecule has 23 heavy (non-hydrogen) atoms. The van der Waals surface area contributed by atoms with Gasteiger partial charge >= 0.3 is 0 Å². The molecule has 0 radical (unpaired) electrons. The molecule has 0 bridgehead atoms. The molecule has 6 heteroatoms. The molecule has 0 saturated heterocycles. The summed E-state index contributed by atoms with van der Waals surface area (Å²) in [5.41, 5.74) is 0. The Bertz CT molecular complexity index is 215. The Morgan fingerprint density at radius 2 is 1.17 bits per heavy atom. The third-order valence-corrected chi connectivity index (χ3v) is 3.20. The zero-order valence-electron chi connectivity index (χ0n) is 15.0. The lowest BCUT2D eigenvalue weighted by Crippen LogP contribution is -2.15. The van der Waals surface area contributed by atoms with E-state index in [-0.39, 0.29) is 6.61 Å². The Kier molecular flexibility index (Phi) is 19.6. The standard InChI is InChI=1S/C17H36O6/c1-3-4-5-6-17(2)23-16-15-22-14-13-21-12-11-20-10-9-19-8-7-18/h17-18H,3-16H2,1-2H3. The van der Waals surface area contributed by atoms with Crippen molar-refractivity contribution in [2.24, 2.45) is 0 Å². The van der Waals surface area contributed by atoms with Crippen molar-refractivity contribution < 1.29 is 28.8 Å². The lowest BCUT2D eigenvalue weighted by Gasteiger charge is -2.13. The van der Waals surface area contributed by atoms with E-state index in [2.05, 4.69) is 13.8 Å². The molecule has 0 aromatic rings. The van der Waals surface area contributed by atoms with Crippen molar-refractivity contribution in [2.45, 2.75) is 45.6 Å². The van der Waals surface area contributed by atoms with E-state index in [1.165, 1.54) is 19.3 Å². The number of unbranched alkanes of at least 4 members (excludes halogenated alkanes) is 2. The van der Waals surface area contributed by atoms with E-state index >= 15 is 0 Å². The van der Waals surface area contributed by atoms with Crippen molar-refractivity contribution in [1.29, 1.82) is 0 Å². The highest BCUT2D eigenvalue weighted by Crippen LogP contribution is 2.05. The van der Waals surface area contributed by atoms with Crippen LogP contribution in [0.2, 0.25) is 0 Å². The predicted molar refractivity (Wildman–Crippen MR) is 89.9 cm³/mol. The minimum atomic E-state index is 0.0475. The minimum absolute atomic E-state index is 0.0475. The van der Waals surface area contributed by atoms with Crippen molar-refractivity contribution >= 4 is 0 Å². The highest BCUT2D eigenvalue weighted by Gasteiger charge is 2.01. The molecule has 0 aliphatic carbocycles. The maximum Gasteiger partial charge on any atom is 0.0704 e. The van der Waals surface area contributed by atoms with Crippen molar-refractivity contribution in [3.63, 3.8) is 0 Å². The fourth-order valence-electron chi connectivity index (χ4n) is 1.90. The largest absolute Gasteiger partial charge is 0.394 e. The van der Waals surface area contributed by atoms with Crippen LogP contribution in [-0.2, 0) is 23.7 Å². The summed E-state index contributed by atoms with van der Waals surface area (Å²) in [7, 11) is 0. The maximum atomic E-state index is 8.51. The van der Waals surface area contributed by atoms with Gasteiger partial charge in [-0.15, -0.1) is 0 Å². The van der Waals surface area contributed by atoms with Gasteiger partial charge in [0.05, 0.1) is 72.2 Å². The molecular formula is C17H36O6. The first-order valence-electron chi connectivity index (χ1n) is 8.84. The van der Waals surface area contributed by atoms with E-state index < -0.39 is 0 Å². The Hall–Kier alpha value is -0.240. The van der Waals surface area contributed by atoms with Crippen LogP contribution in [-0.4, -0.2) is 77.3 Å². The second kappa shape index (κ2) is 19.8. The number of aliphatic hydroxyl groups is 1. The molecule has 0 aliphatic heterocycles. The summed E-state index contributed by atoms with van der Waals surface area (Å²) in [5, 5.41) is 8.51. The number of hydrogen-bond donors (Lipinski definition) is 1. The first-order valence-corrected chi connectivity index (χ1v) is 8.84. The Morgan fingerprint density at radius 3 is 1.65 bits per heavy atom. The van der Waals surface area contributed by atoms with Gasteiger partial charge in [0.2, 0.25) is 0 Å². The van der Waals surface area contributed by atoms with Gasteiger partial charge in [-0.3, -0.25) is 0 Å². The van der Waals surface area contributed by atoms with E-state index in [4.69, 9.17) is 28.8 Å². The predicted octanol–water partition coefficient (Wildman–Crippen LogP) is 2.03. The average molecular weight is 336 g/mol. The zero-order valence-corrected chi connectivity index (χ0v) is 15.0. The van der Waals surface area contributed by atoms with Gasteiger partial charge in [-0.05, 0) is 13.3 Å². The molecule has 0 aromatic carbocycles. The topological polar surface area (TPSA) is 66.4 Å². The Morgan fingerprint density at radius 1 is 0.696 bits per heavy atom. The molecule has 140 valence electrons. The lowest BCUT2D eigenvalue weighted by atomic mass is 10.1. The zero-order chi connectivity index (χ0) is 17.0. The molecule has 1 atom stereocenters. The normalized spacial score (nSPS) is 12.7. The monoisotopic (exact) mass is 336 g/mol. The van der Waals surface area contributed by atoms with Crippen LogP contribution in [0.25, 0.3) is 0 Å². The Labute approximate surface area is 141 Å². The van der Waals surface area contributed by atoms with Gasteiger partial charge in [0.1, 0.15) is 0 Å². The highest BCUT2D eigenvalue weighted by molar-refractivity contribution is 4.50. The molecule has 1 unspecified atom stereocenters. The van der Waals surface area contributed by atoms with Gasteiger partial charge in [0.25, 0.3) is 0 Å². The second-order valence-corrected chi connectivity index (χ2v) is 5.35. The summed E-state index contributed by atoms with van der Waals surface area (Å²) in [6.07, 6.45) is 5.21. The molecule has 0 spiro atoms. The summed E-state index contributed by atoms with van der Waals surface area (Å²) in [6, 6.07) is 0. The second-order valence-electron chi connectivity index (χ2n) is 5.35. The summed E-state index contributed by atoms with van der Waals surface area (Å²) in [5.74, 6) is 0. The molecule has 6 nitrogen and oxygen atoms in total. The van der Waals surface area contributed by atoms with Crippen LogP contribution >= 0.6 is 0 Å². The van der Waals surface area contributed by atoms with Crippen LogP contribution in [0.15, 0.2) is 0 Å². The van der Waals surface area contributed by atoms with Gasteiger partial charge in [0, 0.05) is 0 Å². The third-order valence-electron chi connectivity index (χ3n) is 3.20. The van der Waals surface area contributed by atoms with Gasteiger partial charge in [-0.1, -0.05) is 26.2 Å². The summed E-state index contributed by atoms with van der Waals surface area (Å²) in [6.45, 7) is 9.25. The lowest BCUT2D eigenvalue weighted by molar-refractivity contribution is -0.0223. The van der Waals surface area contributed by atoms with E-state index in [0.29, 0.717) is 65.6 Å². The van der Waals surface area contributed by atoms with Gasteiger partial charge < -0.3 is 28.8 Å². The molecule has 0 fully saturated rings. The van der Waals surface area contributed by atoms with Gasteiger partial charge in [0.15, 0.2) is 0 Å². The molecule has 0 heterocycles. The molecule has 0 saturated carbocycles. The Balaban J connectivity index is 3.05. The molecule has 0 amide bonds. The molecular weight excluding hydrogens is 300 g/mol. The molecule has 0 rings (SSSR count). The van der Waals surface area contributed by atoms with Gasteiger partial charge in [-0.2, -0.15) is 0 Å². The van der Waals surface area contributed by atoms with E-state index in [9.17, 15) is 0 Å². The van der Waals surface area contributed by atoms with Crippen LogP contribution in [0.5, 0.6) is 0 Å². The van der Waals surface area contributed by atoms with Crippen LogP contribution in [0, 0.1) is 0 Å². The van der Waals surface area contributed by atoms with Crippen LogP contribution in [0.3, 0.4) is 0 Å². The smallest absolute Gasteiger partial charge is 0.0704 e. The molecule has 0 aliphatic rings. The molecule has 0 aromatic heterocycles. The van der Waals surface area contributed by atoms with Crippen molar-refractivity contribution in [3.05, 3.63) is 0 Å². The van der Waals surface area contributed by atoms with E-state index in [1.807, 2.05) is 0 Å². The van der Waals surface area contributed by atoms with Gasteiger partial charge in [-0.25, -0.2) is 0 Å². The minimum Gasteiger partial charge on any atom is -0.394 e. The highest BCUT2D eigenvalue weighted by atomic mass is 16.6. The molecule has 1 N–H and O–H groups in total. The van der Waals surface area contributed by atoms with E-state index in [1.54, 1.807) is 0 Å². The number of ether oxygens (including phenoxy) is 5. The number of hydrogen-bond acceptors (Lipinski definition) is 6. The first-order chi connectivity index (χ1) is 11.3. The van der Waals surface area contributed by atoms with E-state index in [0.717, 1.165) is 6.42 Å². The SMILES string of the molecule is CCCCCC(C)OCCOCCOCCOCCOCCO. The first kappa shape index (κ1) is 22.8. The number of aliphatic hydroxyl groups excluding tert-OH is 1. The maximum absolute atomic E-state index is 8.51. The summed E-state index contributed by atoms with van der Waals surface area (Å²) in [4.78, 5) is 0. The van der Waals surface area contributed by atoms with Crippen molar-refractivity contribution in [3.8, 4) is 0 Å². The summed E-state index contributed by atoms with van der Waals surface area (Å²) < 4.78 is 26.9. The van der Waals surface area contributed by atoms with Crippen molar-refractivity contribution in [2.75, 3.05) is 66.1 Å². The van der Waals surface area contributed by atoms with Crippen LogP contribution in [0.1, 0.15) is 39.5 Å². The van der Waals surface area contributed by atoms with Crippen molar-refractivity contribution in [1.82, 2.24) is 0 Å². The number of rotatable bonds is 19. The third kappa shape index (κ3) is 19.7. The quantitative estimate of drug-likeness (QED) is 0.364. The van der Waals surface area contributed by atoms with Crippen LogP contribution in [0.4, 0.5) is 0 Å². The fourth-order valence-corrected chi connectivity index (χ4v) is 1.90.